The summed E-state index contributed by atoms with van der Waals surface area (Å²) in [5.74, 6) is 0.256. The van der Waals surface area contributed by atoms with E-state index in [-0.39, 0.29) is 30.6 Å². The fraction of sp³-hybridized carbons (Fsp3) is 0.400. The van der Waals surface area contributed by atoms with Crippen molar-refractivity contribution in [2.75, 3.05) is 19.7 Å². The Bertz CT molecular complexity index is 1060. The predicted octanol–water partition coefficient (Wildman–Crippen LogP) is 3.11. The van der Waals surface area contributed by atoms with Crippen LogP contribution in [0.3, 0.4) is 0 Å². The van der Waals surface area contributed by atoms with Crippen molar-refractivity contribution in [2.24, 2.45) is 0 Å². The van der Waals surface area contributed by atoms with E-state index in [1.165, 1.54) is 12.3 Å². The highest BCUT2D eigenvalue weighted by Crippen LogP contribution is 2.30. The molecule has 31 heavy (non-hydrogen) atoms. The maximum atomic E-state index is 12.9. The first kappa shape index (κ1) is 21.0. The fourth-order valence-electron chi connectivity index (χ4n) is 3.32. The van der Waals surface area contributed by atoms with Gasteiger partial charge in [0.2, 0.25) is 0 Å². The number of ether oxygens (including phenoxy) is 1. The summed E-state index contributed by atoms with van der Waals surface area (Å²) in [4.78, 5) is 18.6. The molecule has 2 aromatic heterocycles. The van der Waals surface area contributed by atoms with Crippen LogP contribution in [0, 0.1) is 0 Å². The molecule has 11 heteroatoms. The molecule has 1 saturated heterocycles. The van der Waals surface area contributed by atoms with Crippen molar-refractivity contribution in [2.45, 2.75) is 32.2 Å². The zero-order valence-corrected chi connectivity index (χ0v) is 16.7. The van der Waals surface area contributed by atoms with Gasteiger partial charge in [-0.1, -0.05) is 23.4 Å². The van der Waals surface area contributed by atoms with Crippen molar-refractivity contribution >= 4 is 5.91 Å². The number of benzene rings is 1. The predicted molar refractivity (Wildman–Crippen MR) is 101 cm³/mol. The molecule has 0 spiro atoms. The second-order valence-electron chi connectivity index (χ2n) is 7.12. The van der Waals surface area contributed by atoms with Gasteiger partial charge in [-0.25, -0.2) is 0 Å². The zero-order chi connectivity index (χ0) is 22.0. The van der Waals surface area contributed by atoms with E-state index in [2.05, 4.69) is 15.2 Å². The van der Waals surface area contributed by atoms with Gasteiger partial charge in [0, 0.05) is 25.7 Å². The van der Waals surface area contributed by atoms with Crippen molar-refractivity contribution in [1.82, 2.24) is 24.8 Å². The van der Waals surface area contributed by atoms with Crippen LogP contribution in [-0.4, -0.2) is 50.4 Å². The summed E-state index contributed by atoms with van der Waals surface area (Å²) >= 11 is 0. The van der Waals surface area contributed by atoms with E-state index in [9.17, 15) is 18.0 Å². The zero-order valence-electron chi connectivity index (χ0n) is 16.7. The molecular formula is C20H20F3N5O3. The Kier molecular flexibility index (Phi) is 5.77. The minimum absolute atomic E-state index is 0.0823. The molecule has 1 amide bonds. The number of carbonyl (C=O) groups is 1. The highest BCUT2D eigenvalue weighted by molar-refractivity contribution is 5.93. The molecule has 0 N–H and O–H groups in total. The van der Waals surface area contributed by atoms with Gasteiger partial charge in [-0.05, 0) is 18.6 Å². The number of aromatic nitrogens is 4. The molecule has 1 aliphatic heterocycles. The lowest BCUT2D eigenvalue weighted by Gasteiger charge is -2.30. The Morgan fingerprint density at radius 3 is 2.90 bits per heavy atom. The van der Waals surface area contributed by atoms with Crippen LogP contribution in [0.4, 0.5) is 13.2 Å². The van der Waals surface area contributed by atoms with Crippen LogP contribution in [0.1, 0.15) is 46.2 Å². The van der Waals surface area contributed by atoms with Crippen LogP contribution < -0.4 is 0 Å². The third-order valence-corrected chi connectivity index (χ3v) is 4.93. The molecule has 0 unspecified atom stereocenters. The summed E-state index contributed by atoms with van der Waals surface area (Å²) in [7, 11) is 0. The molecule has 3 heterocycles. The van der Waals surface area contributed by atoms with E-state index in [4.69, 9.17) is 9.26 Å². The van der Waals surface area contributed by atoms with Crippen molar-refractivity contribution < 1.29 is 27.2 Å². The van der Waals surface area contributed by atoms with Crippen LogP contribution in [0.15, 0.2) is 41.2 Å². The largest absolute Gasteiger partial charge is 0.416 e. The number of hydrogen-bond donors (Lipinski definition) is 0. The first-order chi connectivity index (χ1) is 14.8. The highest BCUT2D eigenvalue weighted by Gasteiger charge is 2.32. The Morgan fingerprint density at radius 1 is 1.32 bits per heavy atom. The van der Waals surface area contributed by atoms with Gasteiger partial charge in [0.25, 0.3) is 11.8 Å². The summed E-state index contributed by atoms with van der Waals surface area (Å²) < 4.78 is 51.3. The molecule has 0 bridgehead atoms. The first-order valence-corrected chi connectivity index (χ1v) is 9.75. The van der Waals surface area contributed by atoms with Gasteiger partial charge in [0.15, 0.2) is 11.9 Å². The second kappa shape index (κ2) is 8.50. The maximum Gasteiger partial charge on any atom is 0.416 e. The van der Waals surface area contributed by atoms with E-state index in [1.54, 1.807) is 21.8 Å². The van der Waals surface area contributed by atoms with E-state index in [0.29, 0.717) is 30.8 Å². The summed E-state index contributed by atoms with van der Waals surface area (Å²) in [6.45, 7) is 3.52. The van der Waals surface area contributed by atoms with E-state index in [1.807, 2.05) is 6.92 Å². The third-order valence-electron chi connectivity index (χ3n) is 4.93. The molecule has 8 nitrogen and oxygen atoms in total. The first-order valence-electron chi connectivity index (χ1n) is 9.75. The Labute approximate surface area is 175 Å². The average molecular weight is 435 g/mol. The van der Waals surface area contributed by atoms with Crippen molar-refractivity contribution in [3.63, 3.8) is 0 Å². The lowest BCUT2D eigenvalue weighted by molar-refractivity contribution is -0.137. The molecule has 164 valence electrons. The lowest BCUT2D eigenvalue weighted by atomic mass is 10.1. The second-order valence-corrected chi connectivity index (χ2v) is 7.12. The smallest absolute Gasteiger partial charge is 0.365 e. The number of nitrogens with zero attached hydrogens (tertiary/aromatic N) is 5. The molecule has 3 aromatic rings. The molecule has 0 saturated carbocycles. The SMILES string of the molecule is CCn1cc(C(=O)N2CCO[C@@H](c3nc(Cc4cccc(C(F)(F)F)c4)no3)C2)cn1. The molecule has 1 aliphatic rings. The van der Waals surface area contributed by atoms with Gasteiger partial charge < -0.3 is 14.2 Å². The number of carbonyl (C=O) groups excluding carboxylic acids is 1. The quantitative estimate of drug-likeness (QED) is 0.612. The molecule has 0 aliphatic carbocycles. The number of alkyl halides is 3. The third kappa shape index (κ3) is 4.76. The Hall–Kier alpha value is -3.21. The number of aryl methyl sites for hydroxylation is 1. The number of hydrogen-bond acceptors (Lipinski definition) is 6. The fourth-order valence-corrected chi connectivity index (χ4v) is 3.32. The molecule has 1 aromatic carbocycles. The molecule has 4 rings (SSSR count). The maximum absolute atomic E-state index is 12.9. The summed E-state index contributed by atoms with van der Waals surface area (Å²) in [5, 5.41) is 7.98. The number of halogens is 3. The average Bonchev–Trinajstić information content (AvgIpc) is 3.43. The highest BCUT2D eigenvalue weighted by atomic mass is 19.4. The van der Waals surface area contributed by atoms with Crippen LogP contribution in [0.5, 0.6) is 0 Å². The monoisotopic (exact) mass is 435 g/mol. The minimum atomic E-state index is -4.42. The van der Waals surface area contributed by atoms with Gasteiger partial charge in [-0.2, -0.15) is 23.3 Å². The number of rotatable bonds is 5. The van der Waals surface area contributed by atoms with Crippen LogP contribution in [-0.2, 0) is 23.9 Å². The van der Waals surface area contributed by atoms with Crippen LogP contribution in [0.2, 0.25) is 0 Å². The van der Waals surface area contributed by atoms with Crippen LogP contribution in [0.25, 0.3) is 0 Å². The number of morpholine rings is 1. The minimum Gasteiger partial charge on any atom is -0.365 e. The molecule has 1 fully saturated rings. The van der Waals surface area contributed by atoms with Gasteiger partial charge in [-0.15, -0.1) is 0 Å². The topological polar surface area (TPSA) is 86.3 Å². The molecule has 0 radical (unpaired) electrons. The normalized spacial score (nSPS) is 17.2. The summed E-state index contributed by atoms with van der Waals surface area (Å²) in [5.41, 5.74) is 0.166. The van der Waals surface area contributed by atoms with Gasteiger partial charge in [0.05, 0.1) is 30.5 Å². The van der Waals surface area contributed by atoms with Gasteiger partial charge in [-0.3, -0.25) is 9.48 Å². The molecule has 1 atom stereocenters. The lowest BCUT2D eigenvalue weighted by Crippen LogP contribution is -2.42. The molecular weight excluding hydrogens is 415 g/mol. The Balaban J connectivity index is 1.43. The van der Waals surface area contributed by atoms with Gasteiger partial charge in [0.1, 0.15) is 0 Å². The van der Waals surface area contributed by atoms with E-state index in [0.717, 1.165) is 12.1 Å². The van der Waals surface area contributed by atoms with Gasteiger partial charge >= 0.3 is 6.18 Å². The van der Waals surface area contributed by atoms with E-state index < -0.39 is 17.8 Å². The summed E-state index contributed by atoms with van der Waals surface area (Å²) in [6.07, 6.45) is -1.73. The number of amides is 1. The summed E-state index contributed by atoms with van der Waals surface area (Å²) in [6, 6.07) is 4.98. The van der Waals surface area contributed by atoms with E-state index >= 15 is 0 Å². The standard InChI is InChI=1S/C20H20F3N5O3/c1-2-28-11-14(10-24-28)19(29)27-6-7-30-16(12-27)18-25-17(26-31-18)9-13-4-3-5-15(8-13)20(21,22)23/h3-5,8,10-11,16H,2,6-7,9,12H2,1H3/t16-/m1/s1. The van der Waals surface area contributed by atoms with Crippen LogP contribution >= 0.6 is 0 Å². The van der Waals surface area contributed by atoms with Crippen molar-refractivity contribution in [1.29, 1.82) is 0 Å². The Morgan fingerprint density at radius 2 is 2.16 bits per heavy atom. The van der Waals surface area contributed by atoms with Crippen molar-refractivity contribution in [3.05, 3.63) is 65.1 Å². The van der Waals surface area contributed by atoms with Crippen molar-refractivity contribution in [3.8, 4) is 0 Å².